The van der Waals surface area contributed by atoms with Crippen molar-refractivity contribution >= 4 is 39.7 Å². The molecule has 1 atom stereocenters. The predicted molar refractivity (Wildman–Crippen MR) is 73.4 cm³/mol. The van der Waals surface area contributed by atoms with Crippen LogP contribution in [0.2, 0.25) is 0 Å². The number of thiophene rings is 1. The summed E-state index contributed by atoms with van der Waals surface area (Å²) in [7, 11) is 0. The highest BCUT2D eigenvalue weighted by Crippen LogP contribution is 2.36. The molecular weight excluding hydrogens is 329 g/mol. The van der Waals surface area contributed by atoms with E-state index in [-0.39, 0.29) is 12.4 Å². The van der Waals surface area contributed by atoms with Gasteiger partial charge >= 0.3 is 0 Å². The summed E-state index contributed by atoms with van der Waals surface area (Å²) in [5, 5.41) is 11.6. The molecular formula is C11H10BrClFNOS. The first-order valence-electron chi connectivity index (χ1n) is 4.57. The van der Waals surface area contributed by atoms with Crippen molar-refractivity contribution in [2.75, 3.05) is 0 Å². The largest absolute Gasteiger partial charge is 0.505 e. The van der Waals surface area contributed by atoms with E-state index in [1.807, 2.05) is 17.5 Å². The summed E-state index contributed by atoms with van der Waals surface area (Å²) in [6.07, 6.45) is 0. The fourth-order valence-corrected chi connectivity index (χ4v) is 2.77. The molecule has 0 saturated heterocycles. The molecule has 0 saturated carbocycles. The molecule has 17 heavy (non-hydrogen) atoms. The molecule has 0 spiro atoms. The maximum Gasteiger partial charge on any atom is 0.165 e. The molecule has 2 rings (SSSR count). The Labute approximate surface area is 117 Å². The van der Waals surface area contributed by atoms with Crippen LogP contribution in [0.1, 0.15) is 16.5 Å². The van der Waals surface area contributed by atoms with Gasteiger partial charge in [0.1, 0.15) is 0 Å². The van der Waals surface area contributed by atoms with Crippen LogP contribution in [0, 0.1) is 5.82 Å². The quantitative estimate of drug-likeness (QED) is 0.874. The second-order valence-electron chi connectivity index (χ2n) is 3.28. The Hall–Kier alpha value is -0.620. The Kier molecular flexibility index (Phi) is 4.94. The standard InChI is InChI=1S/C11H9BrFNOS.ClH/c12-6-3-4-7(13)11(15)9(6)10(14)8-2-1-5-16-8;/h1-5,10,15H,14H2;1H/t10-;/m1./s1. The van der Waals surface area contributed by atoms with Crippen molar-refractivity contribution in [3.63, 3.8) is 0 Å². The van der Waals surface area contributed by atoms with Gasteiger partial charge in [0.25, 0.3) is 0 Å². The molecule has 1 heterocycles. The van der Waals surface area contributed by atoms with E-state index in [2.05, 4.69) is 15.9 Å². The molecule has 3 N–H and O–H groups in total. The summed E-state index contributed by atoms with van der Waals surface area (Å²) < 4.78 is 13.8. The molecule has 0 aliphatic heterocycles. The van der Waals surface area contributed by atoms with Crippen molar-refractivity contribution in [2.24, 2.45) is 5.73 Å². The Bertz CT molecular complexity index is 506. The number of nitrogens with two attached hydrogens (primary N) is 1. The highest BCUT2D eigenvalue weighted by molar-refractivity contribution is 9.10. The van der Waals surface area contributed by atoms with Crippen molar-refractivity contribution in [3.05, 3.63) is 50.4 Å². The van der Waals surface area contributed by atoms with Crippen LogP contribution >= 0.6 is 39.7 Å². The van der Waals surface area contributed by atoms with Gasteiger partial charge in [-0.1, -0.05) is 22.0 Å². The average molecular weight is 339 g/mol. The van der Waals surface area contributed by atoms with E-state index in [0.717, 1.165) is 4.88 Å². The minimum Gasteiger partial charge on any atom is -0.505 e. The minimum absolute atomic E-state index is 0. The monoisotopic (exact) mass is 337 g/mol. The highest BCUT2D eigenvalue weighted by atomic mass is 79.9. The Morgan fingerprint density at radius 2 is 2.06 bits per heavy atom. The first-order valence-corrected chi connectivity index (χ1v) is 6.24. The van der Waals surface area contributed by atoms with E-state index in [9.17, 15) is 9.50 Å². The zero-order valence-electron chi connectivity index (χ0n) is 8.56. The first kappa shape index (κ1) is 14.4. The van der Waals surface area contributed by atoms with E-state index in [1.165, 1.54) is 23.5 Å². The summed E-state index contributed by atoms with van der Waals surface area (Å²) in [6.45, 7) is 0. The van der Waals surface area contributed by atoms with Gasteiger partial charge in [0.15, 0.2) is 11.6 Å². The maximum absolute atomic E-state index is 13.2. The van der Waals surface area contributed by atoms with Crippen LogP contribution < -0.4 is 5.73 Å². The molecule has 2 aromatic rings. The molecule has 1 aromatic heterocycles. The van der Waals surface area contributed by atoms with Gasteiger partial charge in [-0.2, -0.15) is 0 Å². The zero-order chi connectivity index (χ0) is 11.7. The van der Waals surface area contributed by atoms with Gasteiger partial charge in [-0.05, 0) is 23.6 Å². The molecule has 0 aliphatic carbocycles. The first-order chi connectivity index (χ1) is 7.61. The third-order valence-electron chi connectivity index (χ3n) is 2.28. The smallest absolute Gasteiger partial charge is 0.165 e. The molecule has 0 fully saturated rings. The summed E-state index contributed by atoms with van der Waals surface area (Å²) in [4.78, 5) is 0.876. The van der Waals surface area contributed by atoms with Gasteiger partial charge in [0.2, 0.25) is 0 Å². The average Bonchev–Trinajstić information content (AvgIpc) is 2.77. The van der Waals surface area contributed by atoms with Crippen molar-refractivity contribution in [2.45, 2.75) is 6.04 Å². The highest BCUT2D eigenvalue weighted by Gasteiger charge is 2.19. The number of phenols is 1. The van der Waals surface area contributed by atoms with Crippen LogP contribution in [0.25, 0.3) is 0 Å². The topological polar surface area (TPSA) is 46.2 Å². The zero-order valence-corrected chi connectivity index (χ0v) is 11.8. The lowest BCUT2D eigenvalue weighted by molar-refractivity contribution is 0.423. The van der Waals surface area contributed by atoms with E-state index < -0.39 is 17.6 Å². The van der Waals surface area contributed by atoms with E-state index in [0.29, 0.717) is 10.0 Å². The van der Waals surface area contributed by atoms with E-state index in [4.69, 9.17) is 5.73 Å². The van der Waals surface area contributed by atoms with E-state index in [1.54, 1.807) is 0 Å². The summed E-state index contributed by atoms with van der Waals surface area (Å²) in [6, 6.07) is 5.93. The van der Waals surface area contributed by atoms with Gasteiger partial charge in [0.05, 0.1) is 6.04 Å². The lowest BCUT2D eigenvalue weighted by Crippen LogP contribution is -2.11. The van der Waals surface area contributed by atoms with Gasteiger partial charge in [-0.15, -0.1) is 23.7 Å². The molecule has 0 amide bonds. The van der Waals surface area contributed by atoms with Crippen molar-refractivity contribution in [3.8, 4) is 5.75 Å². The van der Waals surface area contributed by atoms with Crippen LogP contribution in [0.4, 0.5) is 4.39 Å². The lowest BCUT2D eigenvalue weighted by Gasteiger charge is -2.14. The molecule has 0 aliphatic rings. The Morgan fingerprint density at radius 1 is 1.35 bits per heavy atom. The van der Waals surface area contributed by atoms with E-state index >= 15 is 0 Å². The molecule has 0 radical (unpaired) electrons. The van der Waals surface area contributed by atoms with Crippen molar-refractivity contribution < 1.29 is 9.50 Å². The summed E-state index contributed by atoms with van der Waals surface area (Å²) >= 11 is 4.74. The number of benzene rings is 1. The second-order valence-corrected chi connectivity index (χ2v) is 5.12. The fraction of sp³-hybridized carbons (Fsp3) is 0.0909. The minimum atomic E-state index is -0.662. The SMILES string of the molecule is Cl.N[C@H](c1cccs1)c1c(Br)ccc(F)c1O. The molecule has 0 bridgehead atoms. The van der Waals surface area contributed by atoms with Gasteiger partial charge in [-0.3, -0.25) is 0 Å². The van der Waals surface area contributed by atoms with Crippen molar-refractivity contribution in [1.29, 1.82) is 0 Å². The molecule has 1 aromatic carbocycles. The number of rotatable bonds is 2. The van der Waals surface area contributed by atoms with Crippen LogP contribution in [-0.2, 0) is 0 Å². The van der Waals surface area contributed by atoms with Crippen LogP contribution in [-0.4, -0.2) is 5.11 Å². The third kappa shape index (κ3) is 2.80. The number of hydrogen-bond acceptors (Lipinski definition) is 3. The van der Waals surface area contributed by atoms with Gasteiger partial charge < -0.3 is 10.8 Å². The van der Waals surface area contributed by atoms with Gasteiger partial charge in [0, 0.05) is 14.9 Å². The number of phenolic OH excluding ortho intramolecular Hbond substituents is 1. The Morgan fingerprint density at radius 3 is 2.65 bits per heavy atom. The lowest BCUT2D eigenvalue weighted by atomic mass is 10.0. The molecule has 2 nitrogen and oxygen atoms in total. The number of hydrogen-bond donors (Lipinski definition) is 2. The Balaban J connectivity index is 0.00000144. The molecule has 92 valence electrons. The number of aromatic hydroxyl groups is 1. The number of halogens is 3. The molecule has 6 heteroatoms. The van der Waals surface area contributed by atoms with Crippen molar-refractivity contribution in [1.82, 2.24) is 0 Å². The second kappa shape index (κ2) is 5.82. The van der Waals surface area contributed by atoms with Crippen LogP contribution in [0.3, 0.4) is 0 Å². The van der Waals surface area contributed by atoms with Gasteiger partial charge in [-0.25, -0.2) is 4.39 Å². The summed E-state index contributed by atoms with van der Waals surface area (Å²) in [5.74, 6) is -1.06. The predicted octanol–water partition coefficient (Wildman–Crippen LogP) is 3.83. The third-order valence-corrected chi connectivity index (χ3v) is 3.92. The normalized spacial score (nSPS) is 11.9. The maximum atomic E-state index is 13.2. The van der Waals surface area contributed by atoms with Crippen LogP contribution in [0.15, 0.2) is 34.1 Å². The summed E-state index contributed by atoms with van der Waals surface area (Å²) in [5.41, 5.74) is 6.36. The fourth-order valence-electron chi connectivity index (χ4n) is 1.46. The van der Waals surface area contributed by atoms with Crippen LogP contribution in [0.5, 0.6) is 5.75 Å². The molecule has 0 unspecified atom stereocenters.